The molecule has 132 valence electrons. The SMILES string of the molecule is N=C(N)c1ccccc1OCCCCCOc1ccccc1C(=N)N. The first kappa shape index (κ1) is 18.3. The molecule has 6 N–H and O–H groups in total. The number of benzene rings is 2. The van der Waals surface area contributed by atoms with Gasteiger partial charge < -0.3 is 20.9 Å². The molecule has 0 fully saturated rings. The van der Waals surface area contributed by atoms with E-state index in [1.807, 2.05) is 36.4 Å². The monoisotopic (exact) mass is 340 g/mol. The number of hydrogen-bond donors (Lipinski definition) is 4. The van der Waals surface area contributed by atoms with Crippen LogP contribution in [0.2, 0.25) is 0 Å². The summed E-state index contributed by atoms with van der Waals surface area (Å²) in [5.74, 6) is 1.30. The molecule has 2 aromatic rings. The van der Waals surface area contributed by atoms with Crippen molar-refractivity contribution in [3.8, 4) is 11.5 Å². The lowest BCUT2D eigenvalue weighted by Crippen LogP contribution is -2.13. The predicted octanol–water partition coefficient (Wildman–Crippen LogP) is 2.88. The minimum absolute atomic E-state index is 0.00753. The topological polar surface area (TPSA) is 118 Å². The molecule has 2 rings (SSSR count). The number of ether oxygens (including phenoxy) is 2. The molecule has 6 heteroatoms. The molecule has 6 nitrogen and oxygen atoms in total. The van der Waals surface area contributed by atoms with E-state index in [-0.39, 0.29) is 11.7 Å². The zero-order chi connectivity index (χ0) is 18.1. The van der Waals surface area contributed by atoms with Crippen molar-refractivity contribution in [2.24, 2.45) is 11.5 Å². The maximum absolute atomic E-state index is 7.53. The van der Waals surface area contributed by atoms with Gasteiger partial charge >= 0.3 is 0 Å². The van der Waals surface area contributed by atoms with Crippen LogP contribution < -0.4 is 20.9 Å². The summed E-state index contributed by atoms with van der Waals surface area (Å²) >= 11 is 0. The van der Waals surface area contributed by atoms with E-state index in [0.717, 1.165) is 19.3 Å². The minimum atomic E-state index is 0.00753. The molecule has 0 bridgehead atoms. The summed E-state index contributed by atoms with van der Waals surface area (Å²) in [6, 6.07) is 14.6. The Balaban J connectivity index is 1.68. The van der Waals surface area contributed by atoms with Crippen LogP contribution in [0.25, 0.3) is 0 Å². The number of nitrogens with one attached hydrogen (secondary N) is 2. The van der Waals surface area contributed by atoms with Gasteiger partial charge in [0.15, 0.2) is 0 Å². The van der Waals surface area contributed by atoms with Gasteiger partial charge in [0.1, 0.15) is 23.2 Å². The fourth-order valence-electron chi connectivity index (χ4n) is 2.38. The van der Waals surface area contributed by atoms with Gasteiger partial charge in [0.25, 0.3) is 0 Å². The first-order valence-electron chi connectivity index (χ1n) is 8.22. The number of hydrogen-bond acceptors (Lipinski definition) is 4. The molecule has 0 saturated carbocycles. The Morgan fingerprint density at radius 2 is 1.08 bits per heavy atom. The van der Waals surface area contributed by atoms with E-state index in [4.69, 9.17) is 31.8 Å². The Hall–Kier alpha value is -3.02. The normalized spacial score (nSPS) is 10.2. The molecular weight excluding hydrogens is 316 g/mol. The van der Waals surface area contributed by atoms with Gasteiger partial charge in [0.05, 0.1) is 24.3 Å². The van der Waals surface area contributed by atoms with Gasteiger partial charge in [-0.25, -0.2) is 0 Å². The van der Waals surface area contributed by atoms with Crippen LogP contribution in [0.4, 0.5) is 0 Å². The highest BCUT2D eigenvalue weighted by Gasteiger charge is 2.06. The predicted molar refractivity (Wildman–Crippen MR) is 99.8 cm³/mol. The van der Waals surface area contributed by atoms with Gasteiger partial charge in [-0.2, -0.15) is 0 Å². The molecule has 0 amide bonds. The van der Waals surface area contributed by atoms with Crippen molar-refractivity contribution in [2.45, 2.75) is 19.3 Å². The third kappa shape index (κ3) is 5.53. The first-order chi connectivity index (χ1) is 12.1. The van der Waals surface area contributed by atoms with Gasteiger partial charge in [-0.05, 0) is 43.5 Å². The average molecular weight is 340 g/mol. The third-order valence-electron chi connectivity index (χ3n) is 3.66. The smallest absolute Gasteiger partial charge is 0.130 e. The van der Waals surface area contributed by atoms with Gasteiger partial charge in [-0.1, -0.05) is 24.3 Å². The van der Waals surface area contributed by atoms with Crippen molar-refractivity contribution >= 4 is 11.7 Å². The summed E-state index contributed by atoms with van der Waals surface area (Å²) in [7, 11) is 0. The number of unbranched alkanes of at least 4 members (excludes halogenated alkanes) is 2. The highest BCUT2D eigenvalue weighted by molar-refractivity contribution is 5.98. The van der Waals surface area contributed by atoms with Crippen molar-refractivity contribution in [3.05, 3.63) is 59.7 Å². The molecule has 2 aromatic carbocycles. The van der Waals surface area contributed by atoms with Crippen LogP contribution in [0.15, 0.2) is 48.5 Å². The molecule has 0 aliphatic heterocycles. The van der Waals surface area contributed by atoms with Crippen LogP contribution in [0.3, 0.4) is 0 Å². The Labute approximate surface area is 147 Å². The highest BCUT2D eigenvalue weighted by atomic mass is 16.5. The van der Waals surface area contributed by atoms with Gasteiger partial charge in [0, 0.05) is 0 Å². The number of nitrogen functional groups attached to an aromatic ring is 2. The van der Waals surface area contributed by atoms with Crippen LogP contribution >= 0.6 is 0 Å². The van der Waals surface area contributed by atoms with E-state index in [2.05, 4.69) is 0 Å². The Morgan fingerprint density at radius 3 is 1.48 bits per heavy atom. The van der Waals surface area contributed by atoms with E-state index < -0.39 is 0 Å². The van der Waals surface area contributed by atoms with Crippen LogP contribution in [0, 0.1) is 10.8 Å². The zero-order valence-electron chi connectivity index (χ0n) is 14.1. The first-order valence-corrected chi connectivity index (χ1v) is 8.22. The molecule has 0 aliphatic carbocycles. The highest BCUT2D eigenvalue weighted by Crippen LogP contribution is 2.19. The average Bonchev–Trinajstić information content (AvgIpc) is 2.61. The van der Waals surface area contributed by atoms with Crippen molar-refractivity contribution in [1.29, 1.82) is 10.8 Å². The summed E-state index contributed by atoms with van der Waals surface area (Å²) in [5, 5.41) is 15.1. The van der Waals surface area contributed by atoms with Crippen molar-refractivity contribution in [1.82, 2.24) is 0 Å². The number of rotatable bonds is 10. The molecule has 0 aromatic heterocycles. The Kier molecular flexibility index (Phi) is 6.83. The summed E-state index contributed by atoms with van der Waals surface area (Å²) in [4.78, 5) is 0. The summed E-state index contributed by atoms with van der Waals surface area (Å²) in [5.41, 5.74) is 12.3. The van der Waals surface area contributed by atoms with E-state index in [1.54, 1.807) is 12.1 Å². The molecule has 0 aliphatic rings. The quantitative estimate of drug-likeness (QED) is 0.302. The minimum Gasteiger partial charge on any atom is -0.493 e. The second-order valence-electron chi connectivity index (χ2n) is 5.58. The third-order valence-corrected chi connectivity index (χ3v) is 3.66. The maximum Gasteiger partial charge on any atom is 0.130 e. The summed E-state index contributed by atoms with van der Waals surface area (Å²) in [6.07, 6.45) is 2.71. The molecule has 25 heavy (non-hydrogen) atoms. The van der Waals surface area contributed by atoms with E-state index >= 15 is 0 Å². The molecule has 0 spiro atoms. The number of nitrogens with two attached hydrogens (primary N) is 2. The molecular formula is C19H24N4O2. The van der Waals surface area contributed by atoms with E-state index in [1.165, 1.54) is 0 Å². The Morgan fingerprint density at radius 1 is 0.680 bits per heavy atom. The number of amidine groups is 2. The lowest BCUT2D eigenvalue weighted by Gasteiger charge is -2.11. The second kappa shape index (κ2) is 9.32. The maximum atomic E-state index is 7.53. The zero-order valence-corrected chi connectivity index (χ0v) is 14.1. The van der Waals surface area contributed by atoms with Crippen molar-refractivity contribution < 1.29 is 9.47 Å². The Bertz CT molecular complexity index is 669. The molecule has 0 unspecified atom stereocenters. The molecule has 0 radical (unpaired) electrons. The fourth-order valence-corrected chi connectivity index (χ4v) is 2.38. The van der Waals surface area contributed by atoms with E-state index in [0.29, 0.717) is 35.8 Å². The van der Waals surface area contributed by atoms with Crippen LogP contribution in [0.1, 0.15) is 30.4 Å². The summed E-state index contributed by atoms with van der Waals surface area (Å²) < 4.78 is 11.4. The lowest BCUT2D eigenvalue weighted by molar-refractivity contribution is 0.279. The molecule has 0 saturated heterocycles. The van der Waals surface area contributed by atoms with Gasteiger partial charge in [-0.3, -0.25) is 10.8 Å². The van der Waals surface area contributed by atoms with E-state index in [9.17, 15) is 0 Å². The van der Waals surface area contributed by atoms with Crippen molar-refractivity contribution in [3.63, 3.8) is 0 Å². The van der Waals surface area contributed by atoms with Crippen molar-refractivity contribution in [2.75, 3.05) is 13.2 Å². The lowest BCUT2D eigenvalue weighted by atomic mass is 10.2. The second-order valence-corrected chi connectivity index (χ2v) is 5.58. The number of para-hydroxylation sites is 2. The standard InChI is InChI=1S/C19H24N4O2/c20-18(21)14-8-2-4-10-16(14)24-12-6-1-7-13-25-17-11-5-3-9-15(17)19(22)23/h2-5,8-11H,1,6-7,12-13H2,(H3,20,21)(H3,22,23). The summed E-state index contributed by atoms with van der Waals surface area (Å²) in [6.45, 7) is 1.13. The van der Waals surface area contributed by atoms with Gasteiger partial charge in [0.2, 0.25) is 0 Å². The molecule has 0 heterocycles. The fraction of sp³-hybridized carbons (Fsp3) is 0.263. The van der Waals surface area contributed by atoms with Crippen LogP contribution in [-0.2, 0) is 0 Å². The van der Waals surface area contributed by atoms with Gasteiger partial charge in [-0.15, -0.1) is 0 Å². The van der Waals surface area contributed by atoms with Crippen LogP contribution in [0.5, 0.6) is 11.5 Å². The van der Waals surface area contributed by atoms with Crippen LogP contribution in [-0.4, -0.2) is 24.9 Å². The largest absolute Gasteiger partial charge is 0.493 e. The molecule has 0 atom stereocenters.